The predicted molar refractivity (Wildman–Crippen MR) is 288 cm³/mol. The van der Waals surface area contributed by atoms with Crippen LogP contribution in [0.5, 0.6) is 23.0 Å². The second kappa shape index (κ2) is 34.3. The molecule has 2 unspecified atom stereocenters. The summed E-state index contributed by atoms with van der Waals surface area (Å²) in [5, 5.41) is 5.89. The van der Waals surface area contributed by atoms with E-state index < -0.39 is 12.2 Å². The van der Waals surface area contributed by atoms with E-state index in [4.69, 9.17) is 23.7 Å². The molecule has 17 heteroatoms. The SMILES string of the molecule is CCCC1CN(C(=O)OCC)CCN1C(=O)Oc1ccc(CNC(=O)CCCC/C=C/C(C)C)cc1OC.CCCC1CN(C(C)=O)CCN1C(=O)Oc1ccc(CNC(=O)CCCC/C=C/C(C)C)cc1OC. The van der Waals surface area contributed by atoms with Gasteiger partial charge in [-0.05, 0) is 106 Å². The average molecular weight is 1030 g/mol. The number of nitrogens with one attached hydrogen (secondary N) is 2. The lowest BCUT2D eigenvalue weighted by Crippen LogP contribution is -2.57. The molecular formula is C57H88N6O11. The highest BCUT2D eigenvalue weighted by Crippen LogP contribution is 2.31. The van der Waals surface area contributed by atoms with Crippen LogP contribution in [0.25, 0.3) is 0 Å². The molecule has 2 N–H and O–H groups in total. The highest BCUT2D eigenvalue weighted by Gasteiger charge is 2.35. The molecule has 0 aromatic heterocycles. The third-order valence-electron chi connectivity index (χ3n) is 12.6. The lowest BCUT2D eigenvalue weighted by molar-refractivity contribution is -0.131. The first-order valence-corrected chi connectivity index (χ1v) is 26.9. The number of ether oxygens (including phenoxy) is 5. The minimum absolute atomic E-state index is 0.0104. The number of benzene rings is 2. The maximum atomic E-state index is 13.1. The van der Waals surface area contributed by atoms with E-state index in [1.165, 1.54) is 14.2 Å². The minimum Gasteiger partial charge on any atom is -0.493 e. The summed E-state index contributed by atoms with van der Waals surface area (Å²) in [6.45, 7) is 19.7. The fourth-order valence-electron chi connectivity index (χ4n) is 8.55. The lowest BCUT2D eigenvalue weighted by atomic mass is 10.1. The van der Waals surface area contributed by atoms with Crippen molar-refractivity contribution in [2.24, 2.45) is 11.8 Å². The molecule has 2 aliphatic rings. The summed E-state index contributed by atoms with van der Waals surface area (Å²) in [5.74, 6) is 2.65. The van der Waals surface area contributed by atoms with Gasteiger partial charge in [-0.15, -0.1) is 0 Å². The molecule has 2 aromatic rings. The van der Waals surface area contributed by atoms with Crippen LogP contribution in [0, 0.1) is 11.8 Å². The van der Waals surface area contributed by atoms with Gasteiger partial charge < -0.3 is 53.9 Å². The highest BCUT2D eigenvalue weighted by atomic mass is 16.6. The second-order valence-electron chi connectivity index (χ2n) is 19.5. The van der Waals surface area contributed by atoms with Crippen LogP contribution in [0.4, 0.5) is 14.4 Å². The quantitative estimate of drug-likeness (QED) is 0.0712. The van der Waals surface area contributed by atoms with Crippen molar-refractivity contribution in [2.75, 3.05) is 60.1 Å². The van der Waals surface area contributed by atoms with Crippen LogP contribution in [0.15, 0.2) is 60.7 Å². The Bertz CT molecular complexity index is 2130. The number of methoxy groups -OCH3 is 2. The van der Waals surface area contributed by atoms with E-state index in [-0.39, 0.29) is 35.9 Å². The summed E-state index contributed by atoms with van der Waals surface area (Å²) in [7, 11) is 3.04. The van der Waals surface area contributed by atoms with Crippen LogP contribution in [0.1, 0.15) is 144 Å². The van der Waals surface area contributed by atoms with Gasteiger partial charge in [0.1, 0.15) is 0 Å². The number of rotatable bonds is 25. The van der Waals surface area contributed by atoms with Crippen molar-refractivity contribution in [2.45, 2.75) is 158 Å². The molecule has 6 amide bonds. The van der Waals surface area contributed by atoms with E-state index in [1.807, 2.05) is 19.1 Å². The van der Waals surface area contributed by atoms with E-state index in [0.717, 1.165) is 75.3 Å². The summed E-state index contributed by atoms with van der Waals surface area (Å²) in [4.78, 5) is 81.2. The molecule has 0 saturated carbocycles. The van der Waals surface area contributed by atoms with Gasteiger partial charge in [0.15, 0.2) is 23.0 Å². The number of carbonyl (C=O) groups excluding carboxylic acids is 6. The van der Waals surface area contributed by atoms with Gasteiger partial charge in [-0.1, -0.05) is 90.8 Å². The van der Waals surface area contributed by atoms with Crippen molar-refractivity contribution >= 4 is 36.0 Å². The molecule has 2 fully saturated rings. The van der Waals surface area contributed by atoms with Crippen LogP contribution >= 0.6 is 0 Å². The van der Waals surface area contributed by atoms with E-state index in [1.54, 1.807) is 57.7 Å². The van der Waals surface area contributed by atoms with Gasteiger partial charge in [-0.3, -0.25) is 14.4 Å². The topological polar surface area (TPSA) is 186 Å². The first-order chi connectivity index (χ1) is 35.5. The Hall–Kier alpha value is -6.26. The maximum Gasteiger partial charge on any atom is 0.415 e. The molecule has 17 nitrogen and oxygen atoms in total. The van der Waals surface area contributed by atoms with Crippen LogP contribution in [0.3, 0.4) is 0 Å². The molecule has 2 saturated heterocycles. The molecular weight excluding hydrogens is 945 g/mol. The number of nitrogens with zero attached hydrogens (tertiary/aromatic N) is 4. The smallest absolute Gasteiger partial charge is 0.415 e. The van der Waals surface area contributed by atoms with Gasteiger partial charge in [0, 0.05) is 72.1 Å². The largest absolute Gasteiger partial charge is 0.493 e. The van der Waals surface area contributed by atoms with Crippen molar-refractivity contribution in [3.05, 3.63) is 71.8 Å². The van der Waals surface area contributed by atoms with Crippen molar-refractivity contribution in [3.63, 3.8) is 0 Å². The van der Waals surface area contributed by atoms with Crippen LogP contribution in [-0.4, -0.2) is 128 Å². The first kappa shape index (κ1) is 62.0. The Balaban J connectivity index is 0.000000391. The van der Waals surface area contributed by atoms with Gasteiger partial charge >= 0.3 is 18.3 Å². The molecule has 0 radical (unpaired) electrons. The molecule has 412 valence electrons. The molecule has 0 bridgehead atoms. The van der Waals surface area contributed by atoms with Gasteiger partial charge in [-0.25, -0.2) is 14.4 Å². The zero-order valence-electron chi connectivity index (χ0n) is 46.2. The van der Waals surface area contributed by atoms with E-state index in [2.05, 4.69) is 69.6 Å². The molecule has 2 aromatic carbocycles. The van der Waals surface area contributed by atoms with Crippen molar-refractivity contribution in [1.29, 1.82) is 0 Å². The third-order valence-corrected chi connectivity index (χ3v) is 12.6. The summed E-state index contributed by atoms with van der Waals surface area (Å²) in [6.07, 6.45) is 17.4. The Morgan fingerprint density at radius 3 is 1.42 bits per heavy atom. The average Bonchev–Trinajstić information content (AvgIpc) is 3.37. The second-order valence-corrected chi connectivity index (χ2v) is 19.5. The maximum absolute atomic E-state index is 13.1. The fraction of sp³-hybridized carbons (Fsp3) is 0.614. The number of carbonyl (C=O) groups is 6. The minimum atomic E-state index is -0.477. The van der Waals surface area contributed by atoms with Crippen LogP contribution < -0.4 is 29.6 Å². The number of allylic oxidation sites excluding steroid dienone is 4. The van der Waals surface area contributed by atoms with Crippen molar-refractivity contribution in [1.82, 2.24) is 30.2 Å². The van der Waals surface area contributed by atoms with E-state index >= 15 is 0 Å². The van der Waals surface area contributed by atoms with Crippen LogP contribution in [-0.2, 0) is 32.2 Å². The Morgan fingerprint density at radius 1 is 0.595 bits per heavy atom. The van der Waals surface area contributed by atoms with Crippen molar-refractivity contribution in [3.8, 4) is 23.0 Å². The third kappa shape index (κ3) is 22.5. The molecule has 2 atom stereocenters. The Kier molecular flexibility index (Phi) is 28.7. The lowest BCUT2D eigenvalue weighted by Gasteiger charge is -2.40. The molecule has 0 aliphatic carbocycles. The normalized spacial score (nSPS) is 15.7. The summed E-state index contributed by atoms with van der Waals surface area (Å²) >= 11 is 0. The number of amides is 6. The van der Waals surface area contributed by atoms with Crippen molar-refractivity contribution < 1.29 is 52.5 Å². The fourth-order valence-corrected chi connectivity index (χ4v) is 8.55. The Morgan fingerprint density at radius 2 is 1.03 bits per heavy atom. The number of hydrogen-bond acceptors (Lipinski definition) is 11. The summed E-state index contributed by atoms with van der Waals surface area (Å²) in [5.41, 5.74) is 1.71. The van der Waals surface area contributed by atoms with Crippen LogP contribution in [0.2, 0.25) is 0 Å². The first-order valence-electron chi connectivity index (χ1n) is 26.9. The summed E-state index contributed by atoms with van der Waals surface area (Å²) in [6, 6.07) is 10.3. The highest BCUT2D eigenvalue weighted by molar-refractivity contribution is 5.77. The number of piperazine rings is 2. The van der Waals surface area contributed by atoms with Gasteiger partial charge in [0.2, 0.25) is 17.7 Å². The zero-order chi connectivity index (χ0) is 54.4. The summed E-state index contributed by atoms with van der Waals surface area (Å²) < 4.78 is 27.4. The monoisotopic (exact) mass is 1030 g/mol. The van der Waals surface area contributed by atoms with Gasteiger partial charge in [-0.2, -0.15) is 0 Å². The number of unbranched alkanes of at least 4 members (excludes halogenated alkanes) is 4. The number of hydrogen-bond donors (Lipinski definition) is 2. The molecule has 2 heterocycles. The molecule has 74 heavy (non-hydrogen) atoms. The van der Waals surface area contributed by atoms with E-state index in [0.29, 0.717) is 107 Å². The Labute approximate surface area is 441 Å². The van der Waals surface area contributed by atoms with Gasteiger partial charge in [0.25, 0.3) is 0 Å². The van der Waals surface area contributed by atoms with E-state index in [9.17, 15) is 28.8 Å². The molecule has 2 aliphatic heterocycles. The van der Waals surface area contributed by atoms with Gasteiger partial charge in [0.05, 0.1) is 32.9 Å². The zero-order valence-corrected chi connectivity index (χ0v) is 46.2. The predicted octanol–water partition coefficient (Wildman–Crippen LogP) is 10.4. The molecule has 0 spiro atoms. The molecule has 4 rings (SSSR count). The standard InChI is InChI=1S/C29H45N3O6.C28H43N3O5/c1-6-12-24-21-31(28(34)37-7-2)17-18-32(24)29(35)38-25-16-15-23(19-26(25)36-5)20-30-27(33)14-11-9-8-10-13-22(3)4;1-6-11-24-20-30(22(4)32)16-17-31(24)28(34)36-25-15-14-23(18-26(25)35-5)19-29-27(33)13-10-8-7-9-12-21(2)3/h10,13,15-16,19,22,24H,6-9,11-12,14,17-18,20-21H2,1-5H3,(H,30,33);9,12,14-15,18,21,24H,6-8,10-11,13,16-17,19-20H2,1-5H3,(H,29,33)/b13-10+;12-9+.